The predicted octanol–water partition coefficient (Wildman–Crippen LogP) is 2.85. The quantitative estimate of drug-likeness (QED) is 0.865. The fourth-order valence-electron chi connectivity index (χ4n) is 4.07. The summed E-state index contributed by atoms with van der Waals surface area (Å²) in [6, 6.07) is 9.96. The van der Waals surface area contributed by atoms with Crippen LogP contribution in [-0.4, -0.2) is 41.2 Å². The number of benzene rings is 1. The molecule has 4 rings (SSSR count). The summed E-state index contributed by atoms with van der Waals surface area (Å²) in [4.78, 5) is 29.3. The smallest absolute Gasteiger partial charge is 0.257 e. The van der Waals surface area contributed by atoms with Gasteiger partial charge in [0.25, 0.3) is 5.91 Å². The topological polar surface area (TPSA) is 53.8 Å². The van der Waals surface area contributed by atoms with Crippen LogP contribution in [0.5, 0.6) is 0 Å². The second-order valence-corrected chi connectivity index (χ2v) is 7.23. The summed E-state index contributed by atoms with van der Waals surface area (Å²) in [5.41, 5.74) is 2.52. The van der Waals surface area contributed by atoms with Crippen LogP contribution in [-0.2, 0) is 11.3 Å². The summed E-state index contributed by atoms with van der Waals surface area (Å²) in [6.07, 6.45) is 4.55. The Kier molecular flexibility index (Phi) is 3.86. The number of hydrogen-bond acceptors (Lipinski definition) is 3. The zero-order chi connectivity index (χ0) is 17.4. The van der Waals surface area contributed by atoms with E-state index in [0.29, 0.717) is 25.2 Å². The van der Waals surface area contributed by atoms with E-state index in [9.17, 15) is 9.59 Å². The average molecular weight is 338 g/mol. The lowest BCUT2D eigenvalue weighted by atomic mass is 9.85. The standard InChI is InChI=1S/C20H22N2O3/c1-15-3-2-4-16(11-15)12-21-8-6-20(19(21)24)7-9-22(14-20)18(23)17-5-10-25-13-17/h2-5,10-11,13H,6-9,12,14H2,1H3. The Hall–Kier alpha value is -2.56. The maximum absolute atomic E-state index is 13.0. The van der Waals surface area contributed by atoms with Gasteiger partial charge in [-0.15, -0.1) is 0 Å². The summed E-state index contributed by atoms with van der Waals surface area (Å²) in [5, 5.41) is 0. The Bertz CT molecular complexity index is 799. The molecule has 0 N–H and O–H groups in total. The normalized spacial score (nSPS) is 23.0. The van der Waals surface area contributed by atoms with Crippen LogP contribution in [0.15, 0.2) is 47.3 Å². The minimum Gasteiger partial charge on any atom is -0.472 e. The first kappa shape index (κ1) is 15.9. The van der Waals surface area contributed by atoms with Crippen LogP contribution >= 0.6 is 0 Å². The fraction of sp³-hybridized carbons (Fsp3) is 0.400. The van der Waals surface area contributed by atoms with Gasteiger partial charge in [0.2, 0.25) is 5.91 Å². The zero-order valence-electron chi connectivity index (χ0n) is 14.4. The van der Waals surface area contributed by atoms with E-state index in [-0.39, 0.29) is 11.8 Å². The van der Waals surface area contributed by atoms with Crippen molar-refractivity contribution < 1.29 is 14.0 Å². The third-order valence-corrected chi connectivity index (χ3v) is 5.47. The van der Waals surface area contributed by atoms with Crippen LogP contribution in [0.1, 0.15) is 34.3 Å². The number of carbonyl (C=O) groups is 2. The SMILES string of the molecule is Cc1cccc(CN2CCC3(CCN(C(=O)c4ccoc4)C3)C2=O)c1. The van der Waals surface area contributed by atoms with E-state index in [4.69, 9.17) is 4.42 Å². The van der Waals surface area contributed by atoms with Crippen molar-refractivity contribution in [2.45, 2.75) is 26.3 Å². The molecule has 2 saturated heterocycles. The van der Waals surface area contributed by atoms with Gasteiger partial charge in [-0.2, -0.15) is 0 Å². The molecule has 0 aliphatic carbocycles. The van der Waals surface area contributed by atoms with E-state index in [2.05, 4.69) is 25.1 Å². The van der Waals surface area contributed by atoms with Crippen LogP contribution in [0.25, 0.3) is 0 Å². The van der Waals surface area contributed by atoms with Crippen molar-refractivity contribution in [2.24, 2.45) is 5.41 Å². The van der Waals surface area contributed by atoms with E-state index in [0.717, 1.165) is 24.9 Å². The molecule has 5 nitrogen and oxygen atoms in total. The summed E-state index contributed by atoms with van der Waals surface area (Å²) in [5.74, 6) is 0.145. The van der Waals surface area contributed by atoms with Crippen molar-refractivity contribution in [3.8, 4) is 0 Å². The van der Waals surface area contributed by atoms with Gasteiger partial charge in [-0.25, -0.2) is 0 Å². The molecule has 0 radical (unpaired) electrons. The van der Waals surface area contributed by atoms with E-state index in [1.807, 2.05) is 11.0 Å². The molecule has 1 aromatic carbocycles. The van der Waals surface area contributed by atoms with Gasteiger partial charge < -0.3 is 14.2 Å². The highest BCUT2D eigenvalue weighted by Crippen LogP contribution is 2.41. The lowest BCUT2D eigenvalue weighted by Crippen LogP contribution is -2.38. The van der Waals surface area contributed by atoms with E-state index < -0.39 is 5.41 Å². The molecule has 25 heavy (non-hydrogen) atoms. The molecule has 1 aromatic heterocycles. The largest absolute Gasteiger partial charge is 0.472 e. The van der Waals surface area contributed by atoms with Gasteiger partial charge >= 0.3 is 0 Å². The predicted molar refractivity (Wildman–Crippen MR) is 92.9 cm³/mol. The molecular formula is C20H22N2O3. The molecule has 1 spiro atoms. The number of likely N-dealkylation sites (tertiary alicyclic amines) is 2. The number of rotatable bonds is 3. The van der Waals surface area contributed by atoms with Gasteiger partial charge in [-0.05, 0) is 31.4 Å². The van der Waals surface area contributed by atoms with Gasteiger partial charge in [0.15, 0.2) is 0 Å². The van der Waals surface area contributed by atoms with Gasteiger partial charge in [0, 0.05) is 26.2 Å². The molecule has 130 valence electrons. The molecule has 2 amide bonds. The third-order valence-electron chi connectivity index (χ3n) is 5.47. The number of furan rings is 1. The monoisotopic (exact) mass is 338 g/mol. The van der Waals surface area contributed by atoms with E-state index in [1.165, 1.54) is 18.1 Å². The van der Waals surface area contributed by atoms with E-state index >= 15 is 0 Å². The molecule has 2 aliphatic heterocycles. The van der Waals surface area contributed by atoms with E-state index in [1.54, 1.807) is 11.0 Å². The molecule has 2 aliphatic rings. The Morgan fingerprint density at radius 2 is 2.08 bits per heavy atom. The van der Waals surface area contributed by atoms with Crippen LogP contribution < -0.4 is 0 Å². The molecule has 0 saturated carbocycles. The van der Waals surface area contributed by atoms with Crippen molar-refractivity contribution >= 4 is 11.8 Å². The highest BCUT2D eigenvalue weighted by molar-refractivity contribution is 5.95. The van der Waals surface area contributed by atoms with Gasteiger partial charge in [0.1, 0.15) is 6.26 Å². The van der Waals surface area contributed by atoms with Crippen molar-refractivity contribution in [1.82, 2.24) is 9.80 Å². The van der Waals surface area contributed by atoms with Crippen molar-refractivity contribution in [3.63, 3.8) is 0 Å². The van der Waals surface area contributed by atoms with Crippen LogP contribution in [0, 0.1) is 12.3 Å². The summed E-state index contributed by atoms with van der Waals surface area (Å²) in [6.45, 7) is 4.62. The Morgan fingerprint density at radius 3 is 2.84 bits per heavy atom. The average Bonchev–Trinajstić information content (AvgIpc) is 3.33. The summed E-state index contributed by atoms with van der Waals surface area (Å²) < 4.78 is 5.00. The number of nitrogens with zero attached hydrogens (tertiary/aromatic N) is 2. The summed E-state index contributed by atoms with van der Waals surface area (Å²) in [7, 11) is 0. The van der Waals surface area contributed by atoms with Crippen LogP contribution in [0.3, 0.4) is 0 Å². The third kappa shape index (κ3) is 2.84. The lowest BCUT2D eigenvalue weighted by molar-refractivity contribution is -0.135. The molecular weight excluding hydrogens is 316 g/mol. The molecule has 1 atom stereocenters. The number of hydrogen-bond donors (Lipinski definition) is 0. The van der Waals surface area contributed by atoms with Crippen LogP contribution in [0.4, 0.5) is 0 Å². The second-order valence-electron chi connectivity index (χ2n) is 7.23. The second kappa shape index (κ2) is 6.06. The molecule has 0 bridgehead atoms. The minimum absolute atomic E-state index is 0.0458. The van der Waals surface area contributed by atoms with Gasteiger partial charge in [0.05, 0.1) is 17.2 Å². The van der Waals surface area contributed by atoms with Gasteiger partial charge in [-0.3, -0.25) is 9.59 Å². The Balaban J connectivity index is 1.45. The van der Waals surface area contributed by atoms with Crippen molar-refractivity contribution in [3.05, 3.63) is 59.5 Å². The zero-order valence-corrected chi connectivity index (χ0v) is 14.4. The lowest BCUT2D eigenvalue weighted by Gasteiger charge is -2.23. The Morgan fingerprint density at radius 1 is 1.24 bits per heavy atom. The van der Waals surface area contributed by atoms with Crippen LogP contribution in [0.2, 0.25) is 0 Å². The first-order valence-corrected chi connectivity index (χ1v) is 8.74. The first-order chi connectivity index (χ1) is 12.1. The highest BCUT2D eigenvalue weighted by atomic mass is 16.3. The van der Waals surface area contributed by atoms with Crippen molar-refractivity contribution in [2.75, 3.05) is 19.6 Å². The van der Waals surface area contributed by atoms with Crippen molar-refractivity contribution in [1.29, 1.82) is 0 Å². The maximum atomic E-state index is 13.0. The molecule has 1 unspecified atom stereocenters. The minimum atomic E-state index is -0.400. The fourth-order valence-corrected chi connectivity index (χ4v) is 4.07. The Labute approximate surface area is 147 Å². The number of aryl methyl sites for hydroxylation is 1. The molecule has 3 heterocycles. The first-order valence-electron chi connectivity index (χ1n) is 8.74. The molecule has 2 fully saturated rings. The molecule has 2 aromatic rings. The highest BCUT2D eigenvalue weighted by Gasteiger charge is 2.51. The maximum Gasteiger partial charge on any atom is 0.257 e. The number of carbonyl (C=O) groups excluding carboxylic acids is 2. The molecule has 5 heteroatoms. The summed E-state index contributed by atoms with van der Waals surface area (Å²) >= 11 is 0. The number of amides is 2. The van der Waals surface area contributed by atoms with Gasteiger partial charge in [-0.1, -0.05) is 29.8 Å².